The van der Waals surface area contributed by atoms with Gasteiger partial charge in [0.15, 0.2) is 0 Å². The summed E-state index contributed by atoms with van der Waals surface area (Å²) < 4.78 is 0. The van der Waals surface area contributed by atoms with Crippen molar-refractivity contribution in [2.75, 3.05) is 0 Å². The van der Waals surface area contributed by atoms with Crippen LogP contribution >= 0.6 is 0 Å². The van der Waals surface area contributed by atoms with Crippen molar-refractivity contribution in [2.24, 2.45) is 5.41 Å². The van der Waals surface area contributed by atoms with E-state index in [1.54, 1.807) is 5.57 Å². The maximum absolute atomic E-state index is 2.44. The van der Waals surface area contributed by atoms with Gasteiger partial charge in [-0.25, -0.2) is 0 Å². The molecule has 0 N–H and O–H groups in total. The predicted molar refractivity (Wildman–Crippen MR) is 55.2 cm³/mol. The van der Waals surface area contributed by atoms with Gasteiger partial charge in [0.2, 0.25) is 0 Å². The number of hydrogen-bond acceptors (Lipinski definition) is 0. The third-order valence-corrected chi connectivity index (χ3v) is 3.59. The van der Waals surface area contributed by atoms with E-state index in [1.807, 2.05) is 0 Å². The summed E-state index contributed by atoms with van der Waals surface area (Å²) in [5, 5.41) is 0. The van der Waals surface area contributed by atoms with Crippen LogP contribution in [-0.4, -0.2) is 0 Å². The van der Waals surface area contributed by atoms with Crippen molar-refractivity contribution in [3.8, 4) is 0 Å². The van der Waals surface area contributed by atoms with E-state index in [1.165, 1.54) is 38.5 Å². The van der Waals surface area contributed by atoms with Crippen molar-refractivity contribution < 1.29 is 0 Å². The van der Waals surface area contributed by atoms with Gasteiger partial charge in [0.05, 0.1) is 0 Å². The van der Waals surface area contributed by atoms with Crippen LogP contribution in [0.1, 0.15) is 59.3 Å². The van der Waals surface area contributed by atoms with E-state index in [-0.39, 0.29) is 0 Å². The normalized spacial score (nSPS) is 25.1. The molecule has 1 aliphatic carbocycles. The highest BCUT2D eigenvalue weighted by Gasteiger charge is 2.26. The summed E-state index contributed by atoms with van der Waals surface area (Å²) in [7, 11) is 0. The van der Waals surface area contributed by atoms with Crippen LogP contribution in [0, 0.1) is 5.41 Å². The molecule has 0 aromatic carbocycles. The summed E-state index contributed by atoms with van der Waals surface area (Å²) in [5.74, 6) is 0. The van der Waals surface area contributed by atoms with Gasteiger partial charge in [0, 0.05) is 0 Å². The van der Waals surface area contributed by atoms with E-state index in [9.17, 15) is 0 Å². The average molecular weight is 166 g/mol. The molecule has 0 aromatic heterocycles. The molecule has 0 saturated heterocycles. The maximum atomic E-state index is 2.44. The standard InChI is InChI=1S/C12H22/c1-4-11(2)12(3)9-7-5-6-8-10-12/h4H,5-10H2,1-3H3. The first-order chi connectivity index (χ1) is 5.69. The summed E-state index contributed by atoms with van der Waals surface area (Å²) in [6.07, 6.45) is 10.9. The Kier molecular flexibility index (Phi) is 3.37. The molecule has 0 atom stereocenters. The largest absolute Gasteiger partial charge is 0.0882 e. The van der Waals surface area contributed by atoms with E-state index in [4.69, 9.17) is 0 Å². The van der Waals surface area contributed by atoms with Crippen LogP contribution in [0.4, 0.5) is 0 Å². The van der Waals surface area contributed by atoms with Gasteiger partial charge in [-0.1, -0.05) is 44.3 Å². The zero-order valence-corrected chi connectivity index (χ0v) is 8.82. The van der Waals surface area contributed by atoms with Gasteiger partial charge in [0.1, 0.15) is 0 Å². The quantitative estimate of drug-likeness (QED) is 0.402. The first-order valence-electron chi connectivity index (χ1n) is 5.32. The second-order valence-corrected chi connectivity index (χ2v) is 4.45. The Balaban J connectivity index is 2.66. The van der Waals surface area contributed by atoms with E-state index in [0.29, 0.717) is 5.41 Å². The van der Waals surface area contributed by atoms with E-state index >= 15 is 0 Å². The molecular formula is C12H22. The first-order valence-corrected chi connectivity index (χ1v) is 5.32. The van der Waals surface area contributed by atoms with Crippen molar-refractivity contribution in [3.63, 3.8) is 0 Å². The van der Waals surface area contributed by atoms with Crippen molar-refractivity contribution in [2.45, 2.75) is 59.3 Å². The van der Waals surface area contributed by atoms with Crippen LogP contribution in [-0.2, 0) is 0 Å². The van der Waals surface area contributed by atoms with E-state index < -0.39 is 0 Å². The summed E-state index contributed by atoms with van der Waals surface area (Å²) >= 11 is 0. The lowest BCUT2D eigenvalue weighted by Gasteiger charge is -2.29. The van der Waals surface area contributed by atoms with Crippen molar-refractivity contribution >= 4 is 0 Å². The third kappa shape index (κ3) is 2.12. The molecule has 0 amide bonds. The topological polar surface area (TPSA) is 0 Å². The maximum Gasteiger partial charge on any atom is -0.0119 e. The zero-order chi connectivity index (χ0) is 9.03. The monoisotopic (exact) mass is 166 g/mol. The molecule has 1 saturated carbocycles. The van der Waals surface area contributed by atoms with Crippen LogP contribution in [0.5, 0.6) is 0 Å². The molecule has 0 aliphatic heterocycles. The van der Waals surface area contributed by atoms with Crippen LogP contribution in [0.15, 0.2) is 11.6 Å². The van der Waals surface area contributed by atoms with Crippen molar-refractivity contribution in [3.05, 3.63) is 11.6 Å². The molecule has 1 aliphatic rings. The van der Waals surface area contributed by atoms with Gasteiger partial charge >= 0.3 is 0 Å². The lowest BCUT2D eigenvalue weighted by Crippen LogP contribution is -2.16. The Bertz CT molecular complexity index is 157. The highest BCUT2D eigenvalue weighted by atomic mass is 14.3. The summed E-state index contributed by atoms with van der Waals surface area (Å²) in [4.78, 5) is 0. The Labute approximate surface area is 77.1 Å². The molecule has 0 heteroatoms. The molecule has 0 radical (unpaired) electrons. The fourth-order valence-corrected chi connectivity index (χ4v) is 2.25. The number of allylic oxidation sites excluding steroid dienone is 2. The summed E-state index contributed by atoms with van der Waals surface area (Å²) in [6, 6.07) is 0. The molecule has 1 rings (SSSR count). The van der Waals surface area contributed by atoms with Gasteiger partial charge in [0.25, 0.3) is 0 Å². The Hall–Kier alpha value is -0.260. The molecular weight excluding hydrogens is 144 g/mol. The lowest BCUT2D eigenvalue weighted by molar-refractivity contribution is 0.342. The van der Waals surface area contributed by atoms with Gasteiger partial charge in [-0.05, 0) is 32.1 Å². The highest BCUT2D eigenvalue weighted by molar-refractivity contribution is 5.09. The molecule has 0 bridgehead atoms. The fourth-order valence-electron chi connectivity index (χ4n) is 2.25. The lowest BCUT2D eigenvalue weighted by atomic mass is 9.76. The molecule has 1 fully saturated rings. The molecule has 0 unspecified atom stereocenters. The van der Waals surface area contributed by atoms with Gasteiger partial charge in [-0.15, -0.1) is 0 Å². The SMILES string of the molecule is CC=C(C)C1(C)CCCCCC1. The summed E-state index contributed by atoms with van der Waals surface area (Å²) in [5.41, 5.74) is 2.13. The van der Waals surface area contributed by atoms with E-state index in [2.05, 4.69) is 26.8 Å². The van der Waals surface area contributed by atoms with Crippen LogP contribution < -0.4 is 0 Å². The van der Waals surface area contributed by atoms with Crippen LogP contribution in [0.25, 0.3) is 0 Å². The smallest absolute Gasteiger partial charge is 0.0119 e. The molecule has 0 heterocycles. The Morgan fingerprint density at radius 1 is 1.08 bits per heavy atom. The number of rotatable bonds is 1. The molecule has 70 valence electrons. The fraction of sp³-hybridized carbons (Fsp3) is 0.833. The van der Waals surface area contributed by atoms with Crippen LogP contribution in [0.3, 0.4) is 0 Å². The van der Waals surface area contributed by atoms with Gasteiger partial charge in [-0.3, -0.25) is 0 Å². The zero-order valence-electron chi connectivity index (χ0n) is 8.82. The first kappa shape index (κ1) is 9.83. The molecule has 0 aromatic rings. The Morgan fingerprint density at radius 3 is 2.00 bits per heavy atom. The minimum Gasteiger partial charge on any atom is -0.0882 e. The second-order valence-electron chi connectivity index (χ2n) is 4.45. The van der Waals surface area contributed by atoms with Gasteiger partial charge < -0.3 is 0 Å². The van der Waals surface area contributed by atoms with Crippen molar-refractivity contribution in [1.82, 2.24) is 0 Å². The molecule has 0 nitrogen and oxygen atoms in total. The van der Waals surface area contributed by atoms with E-state index in [0.717, 1.165) is 0 Å². The highest BCUT2D eigenvalue weighted by Crippen LogP contribution is 2.40. The van der Waals surface area contributed by atoms with Crippen molar-refractivity contribution in [1.29, 1.82) is 0 Å². The minimum absolute atomic E-state index is 0.533. The average Bonchev–Trinajstić information content (AvgIpc) is 2.29. The third-order valence-electron chi connectivity index (χ3n) is 3.59. The number of hydrogen-bond donors (Lipinski definition) is 0. The Morgan fingerprint density at radius 2 is 1.58 bits per heavy atom. The second kappa shape index (κ2) is 4.11. The molecule has 12 heavy (non-hydrogen) atoms. The van der Waals surface area contributed by atoms with Crippen LogP contribution in [0.2, 0.25) is 0 Å². The van der Waals surface area contributed by atoms with Gasteiger partial charge in [-0.2, -0.15) is 0 Å². The summed E-state index contributed by atoms with van der Waals surface area (Å²) in [6.45, 7) is 6.91. The predicted octanol–water partition coefficient (Wildman–Crippen LogP) is 4.31. The molecule has 0 spiro atoms. The minimum atomic E-state index is 0.533.